The molecular formula is C25H25FN2O2. The lowest BCUT2D eigenvalue weighted by Gasteiger charge is -2.19. The average Bonchev–Trinajstić information content (AvgIpc) is 2.79. The van der Waals surface area contributed by atoms with E-state index in [2.05, 4.69) is 4.98 Å². The maximum absolute atomic E-state index is 14.9. The first-order valence-corrected chi connectivity index (χ1v) is 10.0. The Hall–Kier alpha value is -3.34. The molecule has 0 saturated heterocycles. The van der Waals surface area contributed by atoms with Crippen LogP contribution < -0.4 is 4.90 Å². The van der Waals surface area contributed by atoms with Crippen molar-refractivity contribution in [3.05, 3.63) is 83.4 Å². The van der Waals surface area contributed by atoms with E-state index in [0.29, 0.717) is 30.4 Å². The van der Waals surface area contributed by atoms with Gasteiger partial charge in [-0.1, -0.05) is 43.3 Å². The Kier molecular flexibility index (Phi) is 6.72. The molecule has 0 saturated carbocycles. The maximum Gasteiger partial charge on any atom is 0.226 e. The van der Waals surface area contributed by atoms with Gasteiger partial charge in [0.2, 0.25) is 5.91 Å². The van der Waals surface area contributed by atoms with Crippen LogP contribution in [0.4, 0.5) is 10.1 Å². The number of aryl methyl sites for hydroxylation is 1. The molecule has 3 aromatic rings. The predicted molar refractivity (Wildman–Crippen MR) is 117 cm³/mol. The van der Waals surface area contributed by atoms with Crippen molar-refractivity contribution in [2.45, 2.75) is 33.1 Å². The number of halogens is 1. The molecule has 154 valence electrons. The number of carbonyl (C=O) groups excluding carboxylic acids is 2. The van der Waals surface area contributed by atoms with Gasteiger partial charge in [0, 0.05) is 37.8 Å². The van der Waals surface area contributed by atoms with Crippen molar-refractivity contribution in [1.82, 2.24) is 4.98 Å². The third-order valence-electron chi connectivity index (χ3n) is 5.29. The van der Waals surface area contributed by atoms with Gasteiger partial charge >= 0.3 is 0 Å². The van der Waals surface area contributed by atoms with Crippen molar-refractivity contribution in [2.75, 3.05) is 11.9 Å². The number of hydrogen-bond donors (Lipinski definition) is 0. The molecule has 0 radical (unpaired) electrons. The summed E-state index contributed by atoms with van der Waals surface area (Å²) in [5, 5.41) is 0. The van der Waals surface area contributed by atoms with E-state index in [0.717, 1.165) is 16.7 Å². The fraction of sp³-hybridized carbons (Fsp3) is 0.240. The van der Waals surface area contributed by atoms with Gasteiger partial charge in [-0.3, -0.25) is 14.6 Å². The minimum absolute atomic E-state index is 0.0587. The summed E-state index contributed by atoms with van der Waals surface area (Å²) < 4.78 is 14.9. The summed E-state index contributed by atoms with van der Waals surface area (Å²) in [6.07, 6.45) is 4.84. The SMILES string of the molecule is CCC(=O)N(C)c1ccc(-c2ccc(C(=O)CCc3cccnc3)cc2)c(C)c1F. The lowest BCUT2D eigenvalue weighted by atomic mass is 9.96. The van der Waals surface area contributed by atoms with Crippen molar-refractivity contribution >= 4 is 17.4 Å². The molecule has 3 rings (SSSR count). The minimum atomic E-state index is -0.409. The third-order valence-corrected chi connectivity index (χ3v) is 5.29. The van der Waals surface area contributed by atoms with Crippen molar-refractivity contribution < 1.29 is 14.0 Å². The first kappa shape index (κ1) is 21.4. The summed E-state index contributed by atoms with van der Waals surface area (Å²) in [7, 11) is 1.58. The summed E-state index contributed by atoms with van der Waals surface area (Å²) in [6.45, 7) is 3.45. The molecule has 4 nitrogen and oxygen atoms in total. The van der Waals surface area contributed by atoms with Gasteiger partial charge in [0.05, 0.1) is 5.69 Å². The second-order valence-corrected chi connectivity index (χ2v) is 7.24. The van der Waals surface area contributed by atoms with Crippen LogP contribution in [0.1, 0.15) is 41.3 Å². The highest BCUT2D eigenvalue weighted by Crippen LogP contribution is 2.31. The van der Waals surface area contributed by atoms with E-state index in [-0.39, 0.29) is 17.4 Å². The first-order chi connectivity index (χ1) is 14.4. The van der Waals surface area contributed by atoms with Crippen molar-refractivity contribution in [3.63, 3.8) is 0 Å². The molecule has 0 atom stereocenters. The molecule has 0 bridgehead atoms. The fourth-order valence-corrected chi connectivity index (χ4v) is 3.40. The van der Waals surface area contributed by atoms with Crippen LogP contribution in [0.25, 0.3) is 11.1 Å². The Morgan fingerprint density at radius 3 is 2.43 bits per heavy atom. The largest absolute Gasteiger partial charge is 0.313 e. The molecule has 0 fully saturated rings. The van der Waals surface area contributed by atoms with Gasteiger partial charge in [-0.25, -0.2) is 4.39 Å². The molecular weight excluding hydrogens is 379 g/mol. The average molecular weight is 404 g/mol. The van der Waals surface area contributed by atoms with E-state index in [9.17, 15) is 14.0 Å². The van der Waals surface area contributed by atoms with Gasteiger partial charge in [0.25, 0.3) is 0 Å². The molecule has 1 heterocycles. The Morgan fingerprint density at radius 1 is 1.07 bits per heavy atom. The Labute approximate surface area is 176 Å². The fourth-order valence-electron chi connectivity index (χ4n) is 3.40. The van der Waals surface area contributed by atoms with Gasteiger partial charge < -0.3 is 4.90 Å². The normalized spacial score (nSPS) is 10.7. The van der Waals surface area contributed by atoms with Crippen LogP contribution in [0.3, 0.4) is 0 Å². The molecule has 0 spiro atoms. The summed E-state index contributed by atoms with van der Waals surface area (Å²) in [4.78, 5) is 29.8. The van der Waals surface area contributed by atoms with Crippen LogP contribution in [-0.4, -0.2) is 23.7 Å². The Balaban J connectivity index is 1.76. The van der Waals surface area contributed by atoms with Crippen LogP contribution in [-0.2, 0) is 11.2 Å². The van der Waals surface area contributed by atoms with E-state index in [1.54, 1.807) is 51.5 Å². The van der Waals surface area contributed by atoms with E-state index >= 15 is 0 Å². The number of rotatable bonds is 7. The van der Waals surface area contributed by atoms with Crippen LogP contribution in [0.15, 0.2) is 60.9 Å². The zero-order valence-electron chi connectivity index (χ0n) is 17.5. The van der Waals surface area contributed by atoms with Crippen LogP contribution in [0, 0.1) is 12.7 Å². The number of pyridine rings is 1. The highest BCUT2D eigenvalue weighted by atomic mass is 19.1. The van der Waals surface area contributed by atoms with Gasteiger partial charge in [-0.2, -0.15) is 0 Å². The van der Waals surface area contributed by atoms with Crippen LogP contribution in [0.2, 0.25) is 0 Å². The molecule has 0 aliphatic rings. The summed E-state index contributed by atoms with van der Waals surface area (Å²) in [5.41, 5.74) is 3.96. The lowest BCUT2D eigenvalue weighted by Crippen LogP contribution is -2.26. The van der Waals surface area contributed by atoms with E-state index in [1.165, 1.54) is 4.90 Å². The molecule has 1 aromatic heterocycles. The van der Waals surface area contributed by atoms with E-state index in [4.69, 9.17) is 0 Å². The predicted octanol–water partition coefficient (Wildman–Crippen LogP) is 5.38. The molecule has 0 aliphatic carbocycles. The number of carbonyl (C=O) groups is 2. The monoisotopic (exact) mass is 404 g/mol. The Bertz CT molecular complexity index is 1050. The van der Waals surface area contributed by atoms with Gasteiger partial charge in [-0.05, 0) is 47.7 Å². The van der Waals surface area contributed by atoms with Gasteiger partial charge in [0.15, 0.2) is 5.78 Å². The van der Waals surface area contributed by atoms with E-state index < -0.39 is 5.82 Å². The standard InChI is InChI=1S/C25H25FN2O2/c1-4-24(30)28(3)22-13-12-21(17(2)25(22)26)19-8-10-20(11-9-19)23(29)14-7-18-6-5-15-27-16-18/h5-6,8-13,15-16H,4,7,14H2,1-3H3. The lowest BCUT2D eigenvalue weighted by molar-refractivity contribution is -0.118. The van der Waals surface area contributed by atoms with Crippen molar-refractivity contribution in [1.29, 1.82) is 0 Å². The molecule has 0 unspecified atom stereocenters. The number of aromatic nitrogens is 1. The number of nitrogens with zero attached hydrogens (tertiary/aromatic N) is 2. The van der Waals surface area contributed by atoms with Crippen LogP contribution >= 0.6 is 0 Å². The van der Waals surface area contributed by atoms with Crippen molar-refractivity contribution in [2.24, 2.45) is 0 Å². The number of benzene rings is 2. The molecule has 2 aromatic carbocycles. The number of ketones is 1. The zero-order valence-corrected chi connectivity index (χ0v) is 17.5. The summed E-state index contributed by atoms with van der Waals surface area (Å²) >= 11 is 0. The molecule has 0 N–H and O–H groups in total. The first-order valence-electron chi connectivity index (χ1n) is 10.0. The topological polar surface area (TPSA) is 50.3 Å². The quantitative estimate of drug-likeness (QED) is 0.497. The van der Waals surface area contributed by atoms with Crippen molar-refractivity contribution in [3.8, 4) is 11.1 Å². The molecule has 5 heteroatoms. The summed E-state index contributed by atoms with van der Waals surface area (Å²) in [6, 6.07) is 14.5. The highest BCUT2D eigenvalue weighted by molar-refractivity contribution is 5.97. The van der Waals surface area contributed by atoms with Gasteiger partial charge in [-0.15, -0.1) is 0 Å². The Morgan fingerprint density at radius 2 is 1.80 bits per heavy atom. The highest BCUT2D eigenvalue weighted by Gasteiger charge is 2.17. The number of amides is 1. The van der Waals surface area contributed by atoms with E-state index in [1.807, 2.05) is 30.3 Å². The summed E-state index contributed by atoms with van der Waals surface area (Å²) in [5.74, 6) is -0.494. The minimum Gasteiger partial charge on any atom is -0.313 e. The number of Topliss-reactive ketones (excluding diaryl/α,β-unsaturated/α-hetero) is 1. The maximum atomic E-state index is 14.9. The molecule has 30 heavy (non-hydrogen) atoms. The second kappa shape index (κ2) is 9.44. The van der Waals surface area contributed by atoms with Gasteiger partial charge in [0.1, 0.15) is 5.82 Å². The van der Waals surface area contributed by atoms with Crippen LogP contribution in [0.5, 0.6) is 0 Å². The second-order valence-electron chi connectivity index (χ2n) is 7.24. The number of hydrogen-bond acceptors (Lipinski definition) is 3. The zero-order chi connectivity index (χ0) is 21.7. The third kappa shape index (κ3) is 4.62. The number of anilines is 1. The molecule has 1 amide bonds. The molecule has 0 aliphatic heterocycles. The smallest absolute Gasteiger partial charge is 0.226 e.